The largest absolute Gasteiger partial charge is 0.343 e. The summed E-state index contributed by atoms with van der Waals surface area (Å²) in [5.74, 6) is 0.439. The van der Waals surface area contributed by atoms with E-state index in [0.29, 0.717) is 11.5 Å². The molecular formula is C25H24N4OS. The van der Waals surface area contributed by atoms with Crippen molar-refractivity contribution in [2.45, 2.75) is 26.8 Å². The number of aromatic nitrogens is 2. The predicted octanol–water partition coefficient (Wildman–Crippen LogP) is 5.92. The summed E-state index contributed by atoms with van der Waals surface area (Å²) in [4.78, 5) is 23.1. The quantitative estimate of drug-likeness (QED) is 0.400. The highest BCUT2D eigenvalue weighted by atomic mass is 32.1. The third-order valence-corrected chi connectivity index (χ3v) is 5.83. The molecule has 0 aliphatic heterocycles. The summed E-state index contributed by atoms with van der Waals surface area (Å²) in [6.07, 6.45) is 0. The molecule has 0 saturated carbocycles. The second-order valence-corrected chi connectivity index (χ2v) is 8.68. The summed E-state index contributed by atoms with van der Waals surface area (Å²) in [5, 5.41) is 7.42. The van der Waals surface area contributed by atoms with E-state index in [9.17, 15) is 4.79 Å². The van der Waals surface area contributed by atoms with E-state index in [1.165, 1.54) is 0 Å². The molecule has 0 aliphatic rings. The second kappa shape index (κ2) is 9.10. The lowest BCUT2D eigenvalue weighted by Gasteiger charge is -2.21. The fraction of sp³-hybridized carbons (Fsp3) is 0.160. The first kappa shape index (κ1) is 20.8. The van der Waals surface area contributed by atoms with Crippen LogP contribution in [0.4, 0.5) is 10.9 Å². The van der Waals surface area contributed by atoms with Crippen LogP contribution in [0.2, 0.25) is 0 Å². The molecule has 0 spiro atoms. The van der Waals surface area contributed by atoms with Crippen LogP contribution in [0.1, 0.15) is 43.8 Å². The number of carbonyl (C=O) groups excluding carboxylic acids is 1. The molecule has 156 valence electrons. The van der Waals surface area contributed by atoms with Crippen molar-refractivity contribution < 1.29 is 4.79 Å². The molecule has 2 aromatic heterocycles. The molecule has 2 heterocycles. The van der Waals surface area contributed by atoms with Crippen molar-refractivity contribution in [2.24, 2.45) is 0 Å². The Morgan fingerprint density at radius 1 is 0.871 bits per heavy atom. The van der Waals surface area contributed by atoms with Crippen molar-refractivity contribution in [3.05, 3.63) is 106 Å². The van der Waals surface area contributed by atoms with E-state index in [1.54, 1.807) is 11.3 Å². The normalized spacial score (nSPS) is 11.7. The molecule has 4 rings (SSSR count). The second-order valence-electron chi connectivity index (χ2n) is 7.42. The number of benzene rings is 2. The molecule has 5 nitrogen and oxygen atoms in total. The van der Waals surface area contributed by atoms with Crippen LogP contribution in [0.5, 0.6) is 0 Å². The highest BCUT2D eigenvalue weighted by Crippen LogP contribution is 2.37. The summed E-state index contributed by atoms with van der Waals surface area (Å²) >= 11 is 1.56. The van der Waals surface area contributed by atoms with Crippen LogP contribution in [-0.4, -0.2) is 15.9 Å². The van der Waals surface area contributed by atoms with Gasteiger partial charge in [-0.3, -0.25) is 4.79 Å². The van der Waals surface area contributed by atoms with E-state index in [2.05, 4.69) is 38.8 Å². The zero-order chi connectivity index (χ0) is 21.8. The van der Waals surface area contributed by atoms with Gasteiger partial charge in [0, 0.05) is 27.4 Å². The van der Waals surface area contributed by atoms with Gasteiger partial charge in [0.1, 0.15) is 5.00 Å². The number of rotatable bonds is 6. The Bertz CT molecular complexity index is 1170. The first-order valence-corrected chi connectivity index (χ1v) is 10.9. The Morgan fingerprint density at radius 3 is 2.13 bits per heavy atom. The molecular weight excluding hydrogens is 404 g/mol. The van der Waals surface area contributed by atoms with Gasteiger partial charge in [-0.15, -0.1) is 11.3 Å². The fourth-order valence-electron chi connectivity index (χ4n) is 3.52. The number of thiophene rings is 1. The number of hydrogen-bond acceptors (Lipinski definition) is 5. The number of carbonyl (C=O) groups is 1. The monoisotopic (exact) mass is 428 g/mol. The van der Waals surface area contributed by atoms with Crippen molar-refractivity contribution in [3.63, 3.8) is 0 Å². The smallest absolute Gasteiger partial charge is 0.256 e. The van der Waals surface area contributed by atoms with E-state index in [-0.39, 0.29) is 11.9 Å². The SMILES string of the molecule is Cc1cc(C)nc(NC(c2ccccc2)c2cc(C)sc2NC(=O)c2ccccc2)n1. The van der Waals surface area contributed by atoms with Gasteiger partial charge in [0.2, 0.25) is 5.95 Å². The first-order chi connectivity index (χ1) is 15.0. The molecule has 6 heteroatoms. The summed E-state index contributed by atoms with van der Waals surface area (Å²) < 4.78 is 0. The highest BCUT2D eigenvalue weighted by Gasteiger charge is 2.22. The molecule has 0 saturated heterocycles. The van der Waals surface area contributed by atoms with Crippen LogP contribution in [0.25, 0.3) is 0 Å². The molecule has 2 N–H and O–H groups in total. The number of nitrogens with zero attached hydrogens (tertiary/aromatic N) is 2. The van der Waals surface area contributed by atoms with Gasteiger partial charge in [0.05, 0.1) is 6.04 Å². The summed E-state index contributed by atoms with van der Waals surface area (Å²) in [5.41, 5.74) is 4.49. The van der Waals surface area contributed by atoms with Gasteiger partial charge in [-0.25, -0.2) is 9.97 Å². The van der Waals surface area contributed by atoms with Crippen LogP contribution >= 0.6 is 11.3 Å². The van der Waals surface area contributed by atoms with Crippen molar-refractivity contribution in [2.75, 3.05) is 10.6 Å². The van der Waals surface area contributed by atoms with Crippen molar-refractivity contribution in [1.29, 1.82) is 0 Å². The van der Waals surface area contributed by atoms with Crippen molar-refractivity contribution in [1.82, 2.24) is 9.97 Å². The number of anilines is 2. The zero-order valence-corrected chi connectivity index (χ0v) is 18.5. The lowest BCUT2D eigenvalue weighted by Crippen LogP contribution is -2.18. The van der Waals surface area contributed by atoms with Gasteiger partial charge in [0.25, 0.3) is 5.91 Å². The molecule has 0 radical (unpaired) electrons. The average molecular weight is 429 g/mol. The molecule has 0 fully saturated rings. The lowest BCUT2D eigenvalue weighted by atomic mass is 10.00. The maximum absolute atomic E-state index is 12.8. The Kier molecular flexibility index (Phi) is 6.09. The van der Waals surface area contributed by atoms with Gasteiger partial charge >= 0.3 is 0 Å². The summed E-state index contributed by atoms with van der Waals surface area (Å²) in [7, 11) is 0. The van der Waals surface area contributed by atoms with E-state index >= 15 is 0 Å². The van der Waals surface area contributed by atoms with Crippen LogP contribution in [0, 0.1) is 20.8 Å². The minimum absolute atomic E-state index is 0.127. The molecule has 4 aromatic rings. The van der Waals surface area contributed by atoms with E-state index in [0.717, 1.165) is 32.4 Å². The Labute approximate surface area is 186 Å². The van der Waals surface area contributed by atoms with Crippen LogP contribution < -0.4 is 10.6 Å². The average Bonchev–Trinajstić information content (AvgIpc) is 3.12. The van der Waals surface area contributed by atoms with E-state index in [1.807, 2.05) is 75.4 Å². The molecule has 1 unspecified atom stereocenters. The maximum atomic E-state index is 12.8. The van der Waals surface area contributed by atoms with Gasteiger partial charge in [0.15, 0.2) is 0 Å². The first-order valence-electron chi connectivity index (χ1n) is 10.1. The third kappa shape index (κ3) is 4.98. The third-order valence-electron chi connectivity index (χ3n) is 4.85. The number of amides is 1. The number of hydrogen-bond donors (Lipinski definition) is 2. The standard InChI is InChI=1S/C25H24N4OS/c1-16-14-17(2)27-25(26-16)28-22(19-10-6-4-7-11-19)21-15-18(3)31-24(21)29-23(30)20-12-8-5-9-13-20/h4-15,22H,1-3H3,(H,29,30)(H,26,27,28). The minimum Gasteiger partial charge on any atom is -0.343 e. The van der Waals surface area contributed by atoms with E-state index < -0.39 is 0 Å². The van der Waals surface area contributed by atoms with Crippen LogP contribution in [0.3, 0.4) is 0 Å². The molecule has 0 aliphatic carbocycles. The maximum Gasteiger partial charge on any atom is 0.256 e. The van der Waals surface area contributed by atoms with Gasteiger partial charge in [-0.2, -0.15) is 0 Å². The zero-order valence-electron chi connectivity index (χ0n) is 17.7. The van der Waals surface area contributed by atoms with E-state index in [4.69, 9.17) is 0 Å². The summed E-state index contributed by atoms with van der Waals surface area (Å²) in [6, 6.07) is 23.2. The van der Waals surface area contributed by atoms with Gasteiger partial charge in [-0.05, 0) is 50.6 Å². The molecule has 1 amide bonds. The molecule has 2 aromatic carbocycles. The number of nitrogens with one attached hydrogen (secondary N) is 2. The Balaban J connectivity index is 1.72. The topological polar surface area (TPSA) is 66.9 Å². The Hall–Kier alpha value is -3.51. The Morgan fingerprint density at radius 2 is 1.48 bits per heavy atom. The van der Waals surface area contributed by atoms with Crippen molar-refractivity contribution in [3.8, 4) is 0 Å². The summed E-state index contributed by atoms with van der Waals surface area (Å²) in [6.45, 7) is 5.96. The van der Waals surface area contributed by atoms with Crippen molar-refractivity contribution >= 4 is 28.2 Å². The van der Waals surface area contributed by atoms with Crippen LogP contribution in [-0.2, 0) is 0 Å². The molecule has 31 heavy (non-hydrogen) atoms. The molecule has 1 atom stereocenters. The highest BCUT2D eigenvalue weighted by molar-refractivity contribution is 7.16. The number of aryl methyl sites for hydroxylation is 3. The lowest BCUT2D eigenvalue weighted by molar-refractivity contribution is 0.102. The fourth-order valence-corrected chi connectivity index (χ4v) is 4.46. The van der Waals surface area contributed by atoms with Crippen LogP contribution in [0.15, 0.2) is 72.8 Å². The predicted molar refractivity (Wildman–Crippen MR) is 127 cm³/mol. The van der Waals surface area contributed by atoms with Gasteiger partial charge < -0.3 is 10.6 Å². The minimum atomic E-state index is -0.210. The van der Waals surface area contributed by atoms with Gasteiger partial charge in [-0.1, -0.05) is 48.5 Å². The molecule has 0 bridgehead atoms.